The molecular weight excluding hydrogens is 212 g/mol. The highest BCUT2D eigenvalue weighted by Gasteiger charge is 2.19. The van der Waals surface area contributed by atoms with Gasteiger partial charge in [-0.15, -0.1) is 0 Å². The largest absolute Gasteiger partial charge is 0.390 e. The number of carbonyl (C=O) groups excluding carboxylic acids is 1. The summed E-state index contributed by atoms with van der Waals surface area (Å²) in [6.45, 7) is 7.53. The van der Waals surface area contributed by atoms with Crippen molar-refractivity contribution < 1.29 is 9.90 Å². The van der Waals surface area contributed by atoms with E-state index < -0.39 is 5.60 Å². The Bertz CT molecular complexity index is 342. The number of aliphatic hydroxyl groups is 1. The van der Waals surface area contributed by atoms with E-state index in [-0.39, 0.29) is 12.2 Å². The van der Waals surface area contributed by atoms with Gasteiger partial charge in [0.15, 0.2) is 5.78 Å². The molecule has 0 amide bonds. The highest BCUT2D eigenvalue weighted by Crippen LogP contribution is 2.28. The third-order valence-corrected chi connectivity index (χ3v) is 3.28. The first-order chi connectivity index (χ1) is 7.78. The van der Waals surface area contributed by atoms with Crippen molar-refractivity contribution in [3.8, 4) is 0 Å². The molecule has 96 valence electrons. The highest BCUT2D eigenvalue weighted by molar-refractivity contribution is 5.91. The smallest absolute Gasteiger partial charge is 0.158 e. The van der Waals surface area contributed by atoms with Crippen LogP contribution in [-0.4, -0.2) is 16.5 Å². The molecule has 2 heteroatoms. The second kappa shape index (κ2) is 5.63. The van der Waals surface area contributed by atoms with Gasteiger partial charge in [0.1, 0.15) is 0 Å². The topological polar surface area (TPSA) is 37.3 Å². The third-order valence-electron chi connectivity index (χ3n) is 3.28. The van der Waals surface area contributed by atoms with Crippen molar-refractivity contribution >= 4 is 5.78 Å². The van der Waals surface area contributed by atoms with Crippen molar-refractivity contribution in [2.75, 3.05) is 0 Å². The van der Waals surface area contributed by atoms with E-state index >= 15 is 0 Å². The lowest BCUT2D eigenvalue weighted by Gasteiger charge is -2.21. The Morgan fingerprint density at radius 1 is 1.59 bits per heavy atom. The van der Waals surface area contributed by atoms with Crippen molar-refractivity contribution in [3.05, 3.63) is 23.3 Å². The van der Waals surface area contributed by atoms with Crippen LogP contribution in [0.5, 0.6) is 0 Å². The normalized spacial score (nSPS) is 22.3. The van der Waals surface area contributed by atoms with Gasteiger partial charge in [0, 0.05) is 6.42 Å². The maximum atomic E-state index is 11.7. The van der Waals surface area contributed by atoms with Crippen LogP contribution in [0.25, 0.3) is 0 Å². The average molecular weight is 236 g/mol. The van der Waals surface area contributed by atoms with Gasteiger partial charge in [-0.2, -0.15) is 0 Å². The van der Waals surface area contributed by atoms with Crippen molar-refractivity contribution in [3.63, 3.8) is 0 Å². The van der Waals surface area contributed by atoms with E-state index in [1.54, 1.807) is 19.9 Å². The SMILES string of the molecule is CC1=CC[C@H](/C(C)=C\C(=O)CC(C)(C)O)CC1. The molecule has 2 nitrogen and oxygen atoms in total. The van der Waals surface area contributed by atoms with Gasteiger partial charge in [-0.3, -0.25) is 4.79 Å². The van der Waals surface area contributed by atoms with Crippen LogP contribution < -0.4 is 0 Å². The Kier molecular flexibility index (Phi) is 4.70. The summed E-state index contributed by atoms with van der Waals surface area (Å²) >= 11 is 0. The first kappa shape index (κ1) is 14.2. The van der Waals surface area contributed by atoms with Gasteiger partial charge in [0.25, 0.3) is 0 Å². The molecule has 0 fully saturated rings. The van der Waals surface area contributed by atoms with Crippen molar-refractivity contribution in [1.82, 2.24) is 0 Å². The minimum absolute atomic E-state index is 0.0290. The van der Waals surface area contributed by atoms with E-state index in [1.165, 1.54) is 5.57 Å². The second-order valence-corrected chi connectivity index (χ2v) is 5.87. The van der Waals surface area contributed by atoms with Crippen LogP contribution in [0, 0.1) is 5.92 Å². The first-order valence-corrected chi connectivity index (χ1v) is 6.37. The van der Waals surface area contributed by atoms with Gasteiger partial charge < -0.3 is 5.11 Å². The van der Waals surface area contributed by atoms with Crippen LogP contribution in [0.4, 0.5) is 0 Å². The molecule has 1 aliphatic rings. The lowest BCUT2D eigenvalue weighted by molar-refractivity contribution is -0.118. The Morgan fingerprint density at radius 2 is 2.24 bits per heavy atom. The van der Waals surface area contributed by atoms with E-state index in [2.05, 4.69) is 13.0 Å². The standard InChI is InChI=1S/C15H24O2/c1-11-5-7-13(8-6-11)12(2)9-14(16)10-15(3,4)17/h5,9,13,17H,6-8,10H2,1-4H3/b12-9-/t13-/m0/s1. The van der Waals surface area contributed by atoms with E-state index in [4.69, 9.17) is 0 Å². The molecule has 0 unspecified atom stereocenters. The summed E-state index contributed by atoms with van der Waals surface area (Å²) < 4.78 is 0. The minimum Gasteiger partial charge on any atom is -0.390 e. The summed E-state index contributed by atoms with van der Waals surface area (Å²) in [5.41, 5.74) is 1.71. The molecule has 0 spiro atoms. The molecule has 0 heterocycles. The molecule has 0 aromatic heterocycles. The molecule has 17 heavy (non-hydrogen) atoms. The number of hydrogen-bond donors (Lipinski definition) is 1. The van der Waals surface area contributed by atoms with Crippen LogP contribution in [0.1, 0.15) is 53.4 Å². The zero-order valence-corrected chi connectivity index (χ0v) is 11.4. The Labute approximate surface area is 104 Å². The van der Waals surface area contributed by atoms with Crippen LogP contribution in [0.3, 0.4) is 0 Å². The van der Waals surface area contributed by atoms with Gasteiger partial charge in [-0.05, 0) is 59.0 Å². The lowest BCUT2D eigenvalue weighted by atomic mass is 9.84. The minimum atomic E-state index is -0.906. The molecule has 1 rings (SSSR count). The Balaban J connectivity index is 2.58. The van der Waals surface area contributed by atoms with Crippen molar-refractivity contribution in [2.45, 2.75) is 59.0 Å². The first-order valence-electron chi connectivity index (χ1n) is 6.37. The third kappa shape index (κ3) is 5.31. The van der Waals surface area contributed by atoms with Gasteiger partial charge in [-0.25, -0.2) is 0 Å². The lowest BCUT2D eigenvalue weighted by Crippen LogP contribution is -2.22. The summed E-state index contributed by atoms with van der Waals surface area (Å²) in [4.78, 5) is 11.7. The predicted octanol–water partition coefficient (Wildman–Crippen LogP) is 3.41. The maximum Gasteiger partial charge on any atom is 0.158 e. The molecular formula is C15H24O2. The number of carbonyl (C=O) groups is 1. The summed E-state index contributed by atoms with van der Waals surface area (Å²) in [6.07, 6.45) is 7.51. The summed E-state index contributed by atoms with van der Waals surface area (Å²) in [5, 5.41) is 9.59. The quantitative estimate of drug-likeness (QED) is 0.600. The molecule has 0 radical (unpaired) electrons. The molecule has 0 saturated heterocycles. The van der Waals surface area contributed by atoms with Gasteiger partial charge in [0.2, 0.25) is 0 Å². The Hall–Kier alpha value is -0.890. The van der Waals surface area contributed by atoms with Gasteiger partial charge >= 0.3 is 0 Å². The van der Waals surface area contributed by atoms with Crippen LogP contribution in [0.2, 0.25) is 0 Å². The molecule has 0 bridgehead atoms. The van der Waals surface area contributed by atoms with E-state index in [1.807, 2.05) is 6.92 Å². The number of hydrogen-bond acceptors (Lipinski definition) is 2. The monoisotopic (exact) mass is 236 g/mol. The fourth-order valence-corrected chi connectivity index (χ4v) is 2.23. The Morgan fingerprint density at radius 3 is 2.71 bits per heavy atom. The van der Waals surface area contributed by atoms with Crippen molar-refractivity contribution in [1.29, 1.82) is 0 Å². The predicted molar refractivity (Wildman–Crippen MR) is 70.8 cm³/mol. The van der Waals surface area contributed by atoms with Crippen molar-refractivity contribution in [2.24, 2.45) is 5.92 Å². The number of ketones is 1. The number of allylic oxidation sites excluding steroid dienone is 4. The average Bonchev–Trinajstić information content (AvgIpc) is 2.15. The van der Waals surface area contributed by atoms with Crippen LogP contribution >= 0.6 is 0 Å². The van der Waals surface area contributed by atoms with E-state index in [9.17, 15) is 9.90 Å². The molecule has 0 aliphatic heterocycles. The highest BCUT2D eigenvalue weighted by atomic mass is 16.3. The summed E-state index contributed by atoms with van der Waals surface area (Å²) in [7, 11) is 0. The fraction of sp³-hybridized carbons (Fsp3) is 0.667. The van der Waals surface area contributed by atoms with E-state index in [0.717, 1.165) is 24.8 Å². The van der Waals surface area contributed by atoms with Gasteiger partial charge in [0.05, 0.1) is 5.60 Å². The molecule has 0 aromatic rings. The van der Waals surface area contributed by atoms with E-state index in [0.29, 0.717) is 5.92 Å². The molecule has 1 N–H and O–H groups in total. The molecule has 0 saturated carbocycles. The summed E-state index contributed by atoms with van der Waals surface area (Å²) in [5.74, 6) is 0.533. The molecule has 0 aromatic carbocycles. The molecule has 1 aliphatic carbocycles. The molecule has 1 atom stereocenters. The van der Waals surface area contributed by atoms with Crippen LogP contribution in [0.15, 0.2) is 23.3 Å². The zero-order chi connectivity index (χ0) is 13.1. The summed E-state index contributed by atoms with van der Waals surface area (Å²) in [6, 6.07) is 0. The second-order valence-electron chi connectivity index (χ2n) is 5.87. The zero-order valence-electron chi connectivity index (χ0n) is 11.4. The maximum absolute atomic E-state index is 11.7. The van der Waals surface area contributed by atoms with Gasteiger partial charge in [-0.1, -0.05) is 17.2 Å². The number of rotatable bonds is 4. The fourth-order valence-electron chi connectivity index (χ4n) is 2.23. The van der Waals surface area contributed by atoms with Crippen LogP contribution in [-0.2, 0) is 4.79 Å².